The fourth-order valence-electron chi connectivity index (χ4n) is 2.42. The minimum atomic E-state index is -0.670. The summed E-state index contributed by atoms with van der Waals surface area (Å²) in [6, 6.07) is 1.08. The second kappa shape index (κ2) is 6.41. The molecule has 1 aromatic rings. The monoisotopic (exact) mass is 287 g/mol. The Kier molecular flexibility index (Phi) is 4.85. The van der Waals surface area contributed by atoms with Crippen molar-refractivity contribution in [3.63, 3.8) is 0 Å². The number of pyridine rings is 1. The van der Waals surface area contributed by atoms with Crippen molar-refractivity contribution in [1.29, 1.82) is 0 Å². The first-order chi connectivity index (χ1) is 9.15. The van der Waals surface area contributed by atoms with E-state index in [1.165, 1.54) is 0 Å². The standard InChI is InChI=1S/C13H19F2N3S/c1-3-19-11-6-4-5-10(11)17-13-9(15)7-8(14)12(16-2)18-13/h7,10-11H,3-6H2,1-2H3,(H2,16,17,18). The molecule has 3 nitrogen and oxygen atoms in total. The zero-order valence-electron chi connectivity index (χ0n) is 11.2. The van der Waals surface area contributed by atoms with Crippen molar-refractivity contribution in [2.75, 3.05) is 23.4 Å². The molecule has 0 amide bonds. The molecule has 1 aliphatic rings. The van der Waals surface area contributed by atoms with Gasteiger partial charge in [-0.15, -0.1) is 0 Å². The molecule has 0 spiro atoms. The average Bonchev–Trinajstić information content (AvgIpc) is 2.80. The average molecular weight is 287 g/mol. The summed E-state index contributed by atoms with van der Waals surface area (Å²) in [5.41, 5.74) is 0. The Morgan fingerprint density at radius 3 is 2.74 bits per heavy atom. The lowest BCUT2D eigenvalue weighted by Gasteiger charge is -2.21. The smallest absolute Gasteiger partial charge is 0.168 e. The molecule has 6 heteroatoms. The van der Waals surface area contributed by atoms with Crippen molar-refractivity contribution in [2.24, 2.45) is 0 Å². The van der Waals surface area contributed by atoms with Crippen LogP contribution in [0, 0.1) is 11.6 Å². The fourth-order valence-corrected chi connectivity index (χ4v) is 3.62. The molecule has 0 bridgehead atoms. The van der Waals surface area contributed by atoms with Crippen LogP contribution in [0.4, 0.5) is 20.4 Å². The Bertz CT molecular complexity index is 442. The summed E-state index contributed by atoms with van der Waals surface area (Å²) in [5.74, 6) is -0.0507. The van der Waals surface area contributed by atoms with Gasteiger partial charge in [0.15, 0.2) is 23.3 Å². The van der Waals surface area contributed by atoms with Gasteiger partial charge in [-0.2, -0.15) is 11.8 Å². The van der Waals surface area contributed by atoms with E-state index < -0.39 is 11.6 Å². The summed E-state index contributed by atoms with van der Waals surface area (Å²) in [6.07, 6.45) is 3.28. The Hall–Kier alpha value is -1.04. The molecule has 2 N–H and O–H groups in total. The molecule has 0 saturated heterocycles. The highest BCUT2D eigenvalue weighted by Crippen LogP contribution is 2.32. The predicted molar refractivity (Wildman–Crippen MR) is 76.9 cm³/mol. The number of rotatable bonds is 5. The Balaban J connectivity index is 2.14. The van der Waals surface area contributed by atoms with Gasteiger partial charge < -0.3 is 10.6 Å². The van der Waals surface area contributed by atoms with Crippen LogP contribution in [0.3, 0.4) is 0 Å². The van der Waals surface area contributed by atoms with Crippen LogP contribution in [0.5, 0.6) is 0 Å². The van der Waals surface area contributed by atoms with Crippen LogP contribution in [0.2, 0.25) is 0 Å². The van der Waals surface area contributed by atoms with E-state index in [0.29, 0.717) is 5.25 Å². The molecule has 1 aromatic heterocycles. The zero-order chi connectivity index (χ0) is 13.8. The number of thioether (sulfide) groups is 1. The molecule has 19 heavy (non-hydrogen) atoms. The van der Waals surface area contributed by atoms with Crippen LogP contribution >= 0.6 is 11.8 Å². The molecule has 0 aliphatic heterocycles. The molecule has 2 rings (SSSR count). The highest BCUT2D eigenvalue weighted by molar-refractivity contribution is 7.99. The molecule has 2 unspecified atom stereocenters. The van der Waals surface area contributed by atoms with Crippen molar-refractivity contribution in [3.05, 3.63) is 17.7 Å². The summed E-state index contributed by atoms with van der Waals surface area (Å²) in [4.78, 5) is 3.97. The number of hydrogen-bond donors (Lipinski definition) is 2. The normalized spacial score (nSPS) is 22.5. The van der Waals surface area contributed by atoms with Gasteiger partial charge in [0.25, 0.3) is 0 Å². The largest absolute Gasteiger partial charge is 0.371 e. The maximum atomic E-state index is 13.7. The summed E-state index contributed by atoms with van der Waals surface area (Å²) < 4.78 is 27.1. The lowest BCUT2D eigenvalue weighted by molar-refractivity contribution is 0.576. The van der Waals surface area contributed by atoms with Crippen LogP contribution in [-0.4, -0.2) is 29.1 Å². The Morgan fingerprint density at radius 1 is 1.32 bits per heavy atom. The third-order valence-corrected chi connectivity index (χ3v) is 4.65. The van der Waals surface area contributed by atoms with Crippen LogP contribution in [0.25, 0.3) is 0 Å². The van der Waals surface area contributed by atoms with E-state index in [-0.39, 0.29) is 17.7 Å². The van der Waals surface area contributed by atoms with Gasteiger partial charge in [-0.3, -0.25) is 0 Å². The highest BCUT2D eigenvalue weighted by atomic mass is 32.2. The van der Waals surface area contributed by atoms with E-state index in [1.54, 1.807) is 7.05 Å². The molecule has 1 fully saturated rings. The molecule has 1 heterocycles. The van der Waals surface area contributed by atoms with Gasteiger partial charge in [0.2, 0.25) is 0 Å². The van der Waals surface area contributed by atoms with Crippen LogP contribution < -0.4 is 10.6 Å². The van der Waals surface area contributed by atoms with Gasteiger partial charge in [0.05, 0.1) is 0 Å². The zero-order valence-corrected chi connectivity index (χ0v) is 12.0. The van der Waals surface area contributed by atoms with Gasteiger partial charge in [-0.1, -0.05) is 13.3 Å². The first-order valence-electron chi connectivity index (χ1n) is 6.57. The van der Waals surface area contributed by atoms with Gasteiger partial charge in [-0.25, -0.2) is 13.8 Å². The van der Waals surface area contributed by atoms with Gasteiger partial charge in [-0.05, 0) is 18.6 Å². The van der Waals surface area contributed by atoms with Crippen molar-refractivity contribution < 1.29 is 8.78 Å². The second-order valence-corrected chi connectivity index (χ2v) is 6.09. The van der Waals surface area contributed by atoms with Gasteiger partial charge >= 0.3 is 0 Å². The van der Waals surface area contributed by atoms with Crippen LogP contribution in [0.15, 0.2) is 6.07 Å². The van der Waals surface area contributed by atoms with Crippen molar-refractivity contribution in [1.82, 2.24) is 4.98 Å². The van der Waals surface area contributed by atoms with Crippen LogP contribution in [-0.2, 0) is 0 Å². The Labute approximate surface area is 116 Å². The van der Waals surface area contributed by atoms with Crippen LogP contribution in [0.1, 0.15) is 26.2 Å². The minimum Gasteiger partial charge on any atom is -0.371 e. The maximum Gasteiger partial charge on any atom is 0.168 e. The molecule has 0 radical (unpaired) electrons. The lowest BCUT2D eigenvalue weighted by atomic mass is 10.2. The fraction of sp³-hybridized carbons (Fsp3) is 0.615. The number of aromatic nitrogens is 1. The second-order valence-electron chi connectivity index (χ2n) is 4.57. The van der Waals surface area contributed by atoms with E-state index in [9.17, 15) is 8.78 Å². The molecule has 2 atom stereocenters. The van der Waals surface area contributed by atoms with Crippen molar-refractivity contribution >= 4 is 23.4 Å². The first-order valence-corrected chi connectivity index (χ1v) is 7.62. The number of nitrogens with one attached hydrogen (secondary N) is 2. The summed E-state index contributed by atoms with van der Waals surface area (Å²) in [6.45, 7) is 2.12. The third-order valence-electron chi connectivity index (χ3n) is 3.32. The van der Waals surface area contributed by atoms with Crippen molar-refractivity contribution in [3.8, 4) is 0 Å². The molecular weight excluding hydrogens is 268 g/mol. The van der Waals surface area contributed by atoms with E-state index in [1.807, 2.05) is 11.8 Å². The third kappa shape index (κ3) is 3.29. The van der Waals surface area contributed by atoms with Crippen molar-refractivity contribution in [2.45, 2.75) is 37.5 Å². The molecule has 1 saturated carbocycles. The Morgan fingerprint density at radius 2 is 2.05 bits per heavy atom. The first kappa shape index (κ1) is 14.4. The minimum absolute atomic E-state index is 0.0709. The number of halogens is 2. The van der Waals surface area contributed by atoms with E-state index in [2.05, 4.69) is 22.5 Å². The van der Waals surface area contributed by atoms with E-state index in [0.717, 1.165) is 31.1 Å². The molecule has 1 aliphatic carbocycles. The summed E-state index contributed by atoms with van der Waals surface area (Å²) >= 11 is 1.88. The number of nitrogens with zero attached hydrogens (tertiary/aromatic N) is 1. The summed E-state index contributed by atoms with van der Waals surface area (Å²) in [7, 11) is 1.57. The number of anilines is 2. The topological polar surface area (TPSA) is 37.0 Å². The quantitative estimate of drug-likeness (QED) is 0.869. The maximum absolute atomic E-state index is 13.7. The molecule has 0 aromatic carbocycles. The lowest BCUT2D eigenvalue weighted by Crippen LogP contribution is -2.27. The van der Waals surface area contributed by atoms with Gasteiger partial charge in [0.1, 0.15) is 0 Å². The SMILES string of the molecule is CCSC1CCCC1Nc1nc(NC)c(F)cc1F. The van der Waals surface area contributed by atoms with Gasteiger partial charge in [0, 0.05) is 24.4 Å². The van der Waals surface area contributed by atoms with E-state index in [4.69, 9.17) is 0 Å². The van der Waals surface area contributed by atoms with E-state index >= 15 is 0 Å². The molecule has 106 valence electrons. The summed E-state index contributed by atoms with van der Waals surface area (Å²) in [5, 5.41) is 6.24. The number of hydrogen-bond acceptors (Lipinski definition) is 4. The highest BCUT2D eigenvalue weighted by Gasteiger charge is 2.28. The predicted octanol–water partition coefficient (Wildman–Crippen LogP) is 3.49. The molecular formula is C13H19F2N3S.